The van der Waals surface area contributed by atoms with Crippen molar-refractivity contribution < 1.29 is 4.39 Å². The second-order valence-electron chi connectivity index (χ2n) is 4.07. The van der Waals surface area contributed by atoms with Crippen molar-refractivity contribution in [1.82, 2.24) is 0 Å². The molecular weight excluding hydrogens is 245 g/mol. The van der Waals surface area contributed by atoms with Crippen LogP contribution in [0, 0.1) is 0 Å². The van der Waals surface area contributed by atoms with E-state index in [0.29, 0.717) is 19.4 Å². The zero-order valence-electron chi connectivity index (χ0n) is 8.11. The Hall–Kier alpha value is -0.570. The van der Waals surface area contributed by atoms with Crippen molar-refractivity contribution in [1.29, 1.82) is 0 Å². The minimum Gasteiger partial charge on any atom is -0.385 e. The highest BCUT2D eigenvalue weighted by Gasteiger charge is 2.27. The molecule has 1 nitrogen and oxygen atoms in total. The predicted octanol–water partition coefficient (Wildman–Crippen LogP) is 3.54. The van der Waals surface area contributed by atoms with Gasteiger partial charge in [0, 0.05) is 23.1 Å². The third-order valence-electron chi connectivity index (χ3n) is 2.59. The molecule has 1 aliphatic heterocycles. The van der Waals surface area contributed by atoms with Gasteiger partial charge in [-0.05, 0) is 31.0 Å². The number of halogens is 2. The van der Waals surface area contributed by atoms with E-state index in [9.17, 15) is 4.39 Å². The average molecular weight is 258 g/mol. The summed E-state index contributed by atoms with van der Waals surface area (Å²) in [5, 5.41) is 3.25. The molecule has 1 N–H and O–H groups in total. The summed E-state index contributed by atoms with van der Waals surface area (Å²) in [7, 11) is 0. The molecule has 1 heterocycles. The lowest BCUT2D eigenvalue weighted by atomic mass is 9.96. The number of rotatable bonds is 0. The van der Waals surface area contributed by atoms with Crippen LogP contribution >= 0.6 is 15.9 Å². The highest BCUT2D eigenvalue weighted by molar-refractivity contribution is 9.10. The van der Waals surface area contributed by atoms with E-state index in [4.69, 9.17) is 0 Å². The Labute approximate surface area is 91.8 Å². The molecule has 0 fully saturated rings. The number of fused-ring (bicyclic) bond motifs is 1. The zero-order chi connectivity index (χ0) is 10.2. The average Bonchev–Trinajstić information content (AvgIpc) is 2.22. The van der Waals surface area contributed by atoms with Gasteiger partial charge in [0.2, 0.25) is 0 Å². The third-order valence-corrected chi connectivity index (χ3v) is 3.09. The van der Waals surface area contributed by atoms with E-state index in [0.717, 1.165) is 15.7 Å². The van der Waals surface area contributed by atoms with Gasteiger partial charge in [-0.15, -0.1) is 0 Å². The number of hydrogen-bond acceptors (Lipinski definition) is 1. The summed E-state index contributed by atoms with van der Waals surface area (Å²) in [4.78, 5) is 0. The lowest BCUT2D eigenvalue weighted by molar-refractivity contribution is 0.183. The highest BCUT2D eigenvalue weighted by Crippen LogP contribution is 2.31. The first-order valence-corrected chi connectivity index (χ1v) is 5.57. The number of anilines is 1. The molecule has 0 aromatic heterocycles. The monoisotopic (exact) mass is 257 g/mol. The van der Waals surface area contributed by atoms with Gasteiger partial charge in [0.25, 0.3) is 0 Å². The Morgan fingerprint density at radius 3 is 3.07 bits per heavy atom. The summed E-state index contributed by atoms with van der Waals surface area (Å²) < 4.78 is 14.9. The molecule has 0 saturated carbocycles. The van der Waals surface area contributed by atoms with E-state index >= 15 is 0 Å². The lowest BCUT2D eigenvalue weighted by Crippen LogP contribution is -2.21. The molecule has 1 aliphatic rings. The summed E-state index contributed by atoms with van der Waals surface area (Å²) in [6.45, 7) is 2.38. The first-order chi connectivity index (χ1) is 6.57. The SMILES string of the molecule is CC1(F)CCNc2cc(Br)ccc2C1. The van der Waals surface area contributed by atoms with Crippen LogP contribution in [0.4, 0.5) is 10.1 Å². The number of benzene rings is 1. The molecule has 0 radical (unpaired) electrons. The van der Waals surface area contributed by atoms with Crippen molar-refractivity contribution in [3.8, 4) is 0 Å². The first kappa shape index (κ1) is 9.97. The van der Waals surface area contributed by atoms with Crippen molar-refractivity contribution in [2.75, 3.05) is 11.9 Å². The van der Waals surface area contributed by atoms with Crippen LogP contribution in [0.1, 0.15) is 18.9 Å². The summed E-state index contributed by atoms with van der Waals surface area (Å²) in [6, 6.07) is 5.95. The van der Waals surface area contributed by atoms with Crippen molar-refractivity contribution in [2.24, 2.45) is 0 Å². The van der Waals surface area contributed by atoms with Gasteiger partial charge in [-0.25, -0.2) is 4.39 Å². The molecule has 2 rings (SSSR count). The third kappa shape index (κ3) is 2.08. The van der Waals surface area contributed by atoms with Crippen molar-refractivity contribution in [3.63, 3.8) is 0 Å². The van der Waals surface area contributed by atoms with Gasteiger partial charge in [0.15, 0.2) is 0 Å². The number of nitrogens with one attached hydrogen (secondary N) is 1. The van der Waals surface area contributed by atoms with Crippen LogP contribution in [-0.4, -0.2) is 12.2 Å². The molecule has 76 valence electrons. The molecule has 0 amide bonds. The maximum Gasteiger partial charge on any atom is 0.114 e. The zero-order valence-corrected chi connectivity index (χ0v) is 9.70. The van der Waals surface area contributed by atoms with E-state index in [-0.39, 0.29) is 0 Å². The van der Waals surface area contributed by atoms with Crippen LogP contribution in [-0.2, 0) is 6.42 Å². The Bertz CT molecular complexity index is 349. The van der Waals surface area contributed by atoms with Crippen LogP contribution in [0.25, 0.3) is 0 Å². The maximum absolute atomic E-state index is 13.9. The van der Waals surface area contributed by atoms with Crippen molar-refractivity contribution >= 4 is 21.6 Å². The summed E-state index contributed by atoms with van der Waals surface area (Å²) in [5.41, 5.74) is 1.04. The van der Waals surface area contributed by atoms with Gasteiger partial charge in [0.05, 0.1) is 0 Å². The van der Waals surface area contributed by atoms with Gasteiger partial charge in [-0.1, -0.05) is 22.0 Å². The minimum absolute atomic E-state index is 0.503. The van der Waals surface area contributed by atoms with E-state index < -0.39 is 5.67 Å². The van der Waals surface area contributed by atoms with Crippen LogP contribution < -0.4 is 5.32 Å². The Morgan fingerprint density at radius 1 is 1.50 bits per heavy atom. The highest BCUT2D eigenvalue weighted by atomic mass is 79.9. The van der Waals surface area contributed by atoms with Gasteiger partial charge >= 0.3 is 0 Å². The largest absolute Gasteiger partial charge is 0.385 e. The Morgan fingerprint density at radius 2 is 2.29 bits per heavy atom. The van der Waals surface area contributed by atoms with Crippen molar-refractivity contribution in [3.05, 3.63) is 28.2 Å². The molecule has 1 unspecified atom stereocenters. The smallest absolute Gasteiger partial charge is 0.114 e. The van der Waals surface area contributed by atoms with Gasteiger partial charge in [-0.3, -0.25) is 0 Å². The van der Waals surface area contributed by atoms with Crippen LogP contribution in [0.3, 0.4) is 0 Å². The number of hydrogen-bond donors (Lipinski definition) is 1. The quantitative estimate of drug-likeness (QED) is 0.750. The summed E-state index contributed by atoms with van der Waals surface area (Å²) >= 11 is 3.41. The molecule has 0 saturated heterocycles. The summed E-state index contributed by atoms with van der Waals surface area (Å²) in [5.74, 6) is 0. The maximum atomic E-state index is 13.9. The lowest BCUT2D eigenvalue weighted by Gasteiger charge is -2.16. The van der Waals surface area contributed by atoms with E-state index in [1.807, 2.05) is 18.2 Å². The van der Waals surface area contributed by atoms with Crippen molar-refractivity contribution in [2.45, 2.75) is 25.4 Å². The molecule has 1 aromatic rings. The first-order valence-electron chi connectivity index (χ1n) is 4.78. The van der Waals surface area contributed by atoms with Gasteiger partial charge < -0.3 is 5.32 Å². The van der Waals surface area contributed by atoms with E-state index in [1.54, 1.807) is 6.92 Å². The van der Waals surface area contributed by atoms with Gasteiger partial charge in [0.1, 0.15) is 5.67 Å². The van der Waals surface area contributed by atoms with Crippen LogP contribution in [0.2, 0.25) is 0 Å². The number of alkyl halides is 1. The molecule has 3 heteroatoms. The second-order valence-corrected chi connectivity index (χ2v) is 4.98. The molecule has 0 aliphatic carbocycles. The fourth-order valence-electron chi connectivity index (χ4n) is 1.81. The van der Waals surface area contributed by atoms with Crippen LogP contribution in [0.15, 0.2) is 22.7 Å². The normalized spacial score (nSPS) is 26.2. The molecule has 1 atom stereocenters. The van der Waals surface area contributed by atoms with Crippen LogP contribution in [0.5, 0.6) is 0 Å². The standard InChI is InChI=1S/C11H13BrFN/c1-11(13)4-5-14-10-6-9(12)3-2-8(10)7-11/h2-3,6,14H,4-5,7H2,1H3. The minimum atomic E-state index is -1.08. The van der Waals surface area contributed by atoms with Gasteiger partial charge in [-0.2, -0.15) is 0 Å². The van der Waals surface area contributed by atoms with E-state index in [1.165, 1.54) is 0 Å². The molecular formula is C11H13BrFN. The molecule has 0 bridgehead atoms. The fraction of sp³-hybridized carbons (Fsp3) is 0.455. The molecule has 1 aromatic carbocycles. The Kier molecular flexibility index (Phi) is 2.52. The fourth-order valence-corrected chi connectivity index (χ4v) is 2.17. The topological polar surface area (TPSA) is 12.0 Å². The predicted molar refractivity (Wildman–Crippen MR) is 60.5 cm³/mol. The second kappa shape index (κ2) is 3.54. The Balaban J connectivity index is 2.37. The summed E-state index contributed by atoms with van der Waals surface area (Å²) in [6.07, 6.45) is 1.07. The molecule has 0 spiro atoms. The molecule has 14 heavy (non-hydrogen) atoms. The van der Waals surface area contributed by atoms with E-state index in [2.05, 4.69) is 21.2 Å².